The van der Waals surface area contributed by atoms with Crippen molar-refractivity contribution in [1.82, 2.24) is 0 Å². The van der Waals surface area contributed by atoms with Gasteiger partial charge in [0.1, 0.15) is 5.75 Å². The molecule has 94 valence electrons. The van der Waals surface area contributed by atoms with Crippen LogP contribution in [0.25, 0.3) is 0 Å². The maximum absolute atomic E-state index is 13.3. The fraction of sp³-hybridized carbons (Fsp3) is 0. The van der Waals surface area contributed by atoms with E-state index in [1.165, 1.54) is 36.4 Å². The molecule has 0 aliphatic carbocycles. The molecule has 0 atom stereocenters. The molecule has 0 spiro atoms. The summed E-state index contributed by atoms with van der Waals surface area (Å²) in [7, 11) is -3.73. The van der Waals surface area contributed by atoms with E-state index in [0.29, 0.717) is 5.75 Å². The number of hydrogen-bond acceptors (Lipinski definition) is 3. The Kier molecular flexibility index (Phi) is 3.31. The Labute approximate surface area is 104 Å². The molecule has 0 heterocycles. The lowest BCUT2D eigenvalue weighted by molar-refractivity contribution is 0.442. The molecule has 0 amide bonds. The minimum Gasteiger partial charge on any atom is -0.454 e. The summed E-state index contributed by atoms with van der Waals surface area (Å²) < 4.78 is 40.6. The van der Waals surface area contributed by atoms with Gasteiger partial charge in [0.15, 0.2) is 11.6 Å². The molecule has 6 heteroatoms. The molecule has 2 N–H and O–H groups in total. The first-order chi connectivity index (χ1) is 8.47. The number of sulfonamides is 1. The number of rotatable bonds is 3. The van der Waals surface area contributed by atoms with Crippen LogP contribution < -0.4 is 9.88 Å². The number of nitrogens with two attached hydrogens (primary N) is 1. The van der Waals surface area contributed by atoms with Crippen molar-refractivity contribution in [1.29, 1.82) is 0 Å². The highest BCUT2D eigenvalue weighted by Crippen LogP contribution is 2.24. The monoisotopic (exact) mass is 267 g/mol. The average Bonchev–Trinajstić information content (AvgIpc) is 2.32. The lowest BCUT2D eigenvalue weighted by atomic mass is 10.3. The summed E-state index contributed by atoms with van der Waals surface area (Å²) in [6.45, 7) is 0. The van der Waals surface area contributed by atoms with Gasteiger partial charge in [-0.25, -0.2) is 17.9 Å². The average molecular weight is 267 g/mol. The van der Waals surface area contributed by atoms with Crippen LogP contribution in [0.4, 0.5) is 4.39 Å². The van der Waals surface area contributed by atoms with Crippen LogP contribution in [0, 0.1) is 5.82 Å². The largest absolute Gasteiger partial charge is 0.454 e. The Morgan fingerprint density at radius 1 is 1.00 bits per heavy atom. The molecule has 0 saturated carbocycles. The van der Waals surface area contributed by atoms with E-state index in [1.807, 2.05) is 0 Å². The lowest BCUT2D eigenvalue weighted by Crippen LogP contribution is -2.11. The van der Waals surface area contributed by atoms with Crippen molar-refractivity contribution in [2.24, 2.45) is 5.14 Å². The van der Waals surface area contributed by atoms with Crippen LogP contribution in [0.15, 0.2) is 53.4 Å². The van der Waals surface area contributed by atoms with Crippen molar-refractivity contribution in [2.75, 3.05) is 0 Å². The summed E-state index contributed by atoms with van der Waals surface area (Å²) >= 11 is 0. The van der Waals surface area contributed by atoms with Crippen molar-refractivity contribution < 1.29 is 17.5 Å². The number of benzene rings is 2. The minimum atomic E-state index is -3.73. The third kappa shape index (κ3) is 2.85. The number of para-hydroxylation sites is 1. The van der Waals surface area contributed by atoms with Gasteiger partial charge < -0.3 is 4.74 Å². The van der Waals surface area contributed by atoms with Crippen molar-refractivity contribution in [3.63, 3.8) is 0 Å². The molecule has 0 aliphatic heterocycles. The van der Waals surface area contributed by atoms with Gasteiger partial charge in [-0.3, -0.25) is 0 Å². The zero-order valence-electron chi connectivity index (χ0n) is 9.21. The highest BCUT2D eigenvalue weighted by atomic mass is 32.2. The van der Waals surface area contributed by atoms with E-state index in [0.717, 1.165) is 0 Å². The predicted octanol–water partition coefficient (Wildman–Crippen LogP) is 2.27. The Bertz CT molecular complexity index is 653. The van der Waals surface area contributed by atoms with Crippen LogP contribution in [-0.4, -0.2) is 8.42 Å². The Morgan fingerprint density at radius 3 is 2.17 bits per heavy atom. The zero-order valence-corrected chi connectivity index (χ0v) is 10.0. The van der Waals surface area contributed by atoms with E-state index >= 15 is 0 Å². The Morgan fingerprint density at radius 2 is 1.61 bits per heavy atom. The summed E-state index contributed by atoms with van der Waals surface area (Å²) in [5.74, 6) is -0.0959. The normalized spacial score (nSPS) is 11.2. The highest BCUT2D eigenvalue weighted by molar-refractivity contribution is 7.89. The van der Waals surface area contributed by atoms with Crippen LogP contribution >= 0.6 is 0 Å². The second-order valence-electron chi connectivity index (χ2n) is 3.55. The number of ether oxygens (including phenoxy) is 1. The molecule has 0 aliphatic rings. The van der Waals surface area contributed by atoms with E-state index in [2.05, 4.69) is 0 Å². The standard InChI is InChI=1S/C12H10FNO3S/c13-11-3-1-2-4-12(11)17-9-5-7-10(8-6-9)18(14,15)16/h1-8H,(H2,14,15,16). The molecule has 0 unspecified atom stereocenters. The Hall–Kier alpha value is -1.92. The van der Waals surface area contributed by atoms with Gasteiger partial charge in [-0.15, -0.1) is 0 Å². The zero-order chi connectivity index (χ0) is 13.2. The van der Waals surface area contributed by atoms with Crippen molar-refractivity contribution >= 4 is 10.0 Å². The molecule has 0 fully saturated rings. The molecule has 0 aromatic heterocycles. The molecular weight excluding hydrogens is 257 g/mol. The molecule has 0 bridgehead atoms. The first-order valence-corrected chi connectivity index (χ1v) is 6.57. The number of hydrogen-bond donors (Lipinski definition) is 1. The summed E-state index contributed by atoms with van der Waals surface area (Å²) in [6.07, 6.45) is 0. The van der Waals surface area contributed by atoms with E-state index in [9.17, 15) is 12.8 Å². The Balaban J connectivity index is 2.24. The first kappa shape index (κ1) is 12.5. The van der Waals surface area contributed by atoms with Gasteiger partial charge in [0, 0.05) is 0 Å². The van der Waals surface area contributed by atoms with Crippen molar-refractivity contribution in [2.45, 2.75) is 4.90 Å². The number of halogens is 1. The quantitative estimate of drug-likeness (QED) is 0.927. The molecular formula is C12H10FNO3S. The smallest absolute Gasteiger partial charge is 0.238 e. The third-order valence-electron chi connectivity index (χ3n) is 2.22. The first-order valence-electron chi connectivity index (χ1n) is 5.02. The van der Waals surface area contributed by atoms with Crippen LogP contribution in [0.2, 0.25) is 0 Å². The van der Waals surface area contributed by atoms with Crippen LogP contribution in [0.5, 0.6) is 11.5 Å². The maximum Gasteiger partial charge on any atom is 0.238 e. The summed E-state index contributed by atoms with van der Waals surface area (Å²) in [5.41, 5.74) is 0. The van der Waals surface area contributed by atoms with Crippen molar-refractivity contribution in [3.05, 3.63) is 54.3 Å². The van der Waals surface area contributed by atoms with Gasteiger partial charge in [-0.05, 0) is 36.4 Å². The SMILES string of the molecule is NS(=O)(=O)c1ccc(Oc2ccccc2F)cc1. The van der Waals surface area contributed by atoms with Gasteiger partial charge in [0.25, 0.3) is 0 Å². The van der Waals surface area contributed by atoms with Crippen LogP contribution in [0.1, 0.15) is 0 Å². The molecule has 2 aromatic rings. The van der Waals surface area contributed by atoms with Gasteiger partial charge in [-0.1, -0.05) is 12.1 Å². The van der Waals surface area contributed by atoms with Gasteiger partial charge in [-0.2, -0.15) is 0 Å². The maximum atomic E-state index is 13.3. The number of primary sulfonamides is 1. The minimum absolute atomic E-state index is 0.0246. The van der Waals surface area contributed by atoms with E-state index in [-0.39, 0.29) is 10.6 Å². The van der Waals surface area contributed by atoms with E-state index < -0.39 is 15.8 Å². The van der Waals surface area contributed by atoms with Crippen molar-refractivity contribution in [3.8, 4) is 11.5 Å². The van der Waals surface area contributed by atoms with E-state index in [1.54, 1.807) is 12.1 Å². The van der Waals surface area contributed by atoms with Gasteiger partial charge >= 0.3 is 0 Å². The fourth-order valence-electron chi connectivity index (χ4n) is 1.35. The fourth-order valence-corrected chi connectivity index (χ4v) is 1.87. The summed E-state index contributed by atoms with van der Waals surface area (Å²) in [6, 6.07) is 11.3. The molecule has 2 aromatic carbocycles. The van der Waals surface area contributed by atoms with Gasteiger partial charge in [0.05, 0.1) is 4.90 Å². The summed E-state index contributed by atoms with van der Waals surface area (Å²) in [5, 5.41) is 4.95. The second kappa shape index (κ2) is 4.75. The second-order valence-corrected chi connectivity index (χ2v) is 5.11. The molecule has 0 saturated heterocycles. The van der Waals surface area contributed by atoms with Gasteiger partial charge in [0.2, 0.25) is 10.0 Å². The lowest BCUT2D eigenvalue weighted by Gasteiger charge is -2.06. The van der Waals surface area contributed by atoms with Crippen LogP contribution in [0.3, 0.4) is 0 Å². The highest BCUT2D eigenvalue weighted by Gasteiger charge is 2.08. The molecule has 18 heavy (non-hydrogen) atoms. The summed E-state index contributed by atoms with van der Waals surface area (Å²) in [4.78, 5) is -0.0246. The predicted molar refractivity (Wildman–Crippen MR) is 64.3 cm³/mol. The van der Waals surface area contributed by atoms with Crippen LogP contribution in [-0.2, 0) is 10.0 Å². The topological polar surface area (TPSA) is 69.4 Å². The molecule has 0 radical (unpaired) electrons. The van der Waals surface area contributed by atoms with E-state index in [4.69, 9.17) is 9.88 Å². The molecule has 4 nitrogen and oxygen atoms in total. The molecule has 2 rings (SSSR count). The third-order valence-corrected chi connectivity index (χ3v) is 3.15.